The van der Waals surface area contributed by atoms with Crippen LogP contribution in [-0.4, -0.2) is 9.97 Å². The Hall–Kier alpha value is -1.31. The zero-order valence-electron chi connectivity index (χ0n) is 7.46. The van der Waals surface area contributed by atoms with Crippen molar-refractivity contribution < 1.29 is 0 Å². The summed E-state index contributed by atoms with van der Waals surface area (Å²) >= 11 is 0. The highest BCUT2D eigenvalue weighted by Crippen LogP contribution is 2.39. The molecule has 0 bridgehead atoms. The minimum absolute atomic E-state index is 0.790. The molecule has 2 aromatic rings. The summed E-state index contributed by atoms with van der Waals surface area (Å²) in [7, 11) is 0. The molecule has 1 fully saturated rings. The van der Waals surface area contributed by atoms with Crippen LogP contribution in [0.4, 0.5) is 0 Å². The first-order valence-corrected chi connectivity index (χ1v) is 4.87. The van der Waals surface area contributed by atoms with Crippen LogP contribution in [0.2, 0.25) is 0 Å². The molecule has 0 saturated heterocycles. The molecule has 0 amide bonds. The molecule has 0 atom stereocenters. The predicted octanol–water partition coefficient (Wildman–Crippen LogP) is 2.83. The van der Waals surface area contributed by atoms with Crippen LogP contribution in [0.1, 0.15) is 30.7 Å². The van der Waals surface area contributed by atoms with Crippen molar-refractivity contribution in [3.8, 4) is 0 Å². The van der Waals surface area contributed by atoms with Gasteiger partial charge in [-0.2, -0.15) is 0 Å². The summed E-state index contributed by atoms with van der Waals surface area (Å²) in [4.78, 5) is 7.51. The summed E-state index contributed by atoms with van der Waals surface area (Å²) in [5, 5.41) is 1.31. The molecule has 1 aliphatic rings. The number of aromatic nitrogens is 2. The van der Waals surface area contributed by atoms with Gasteiger partial charge in [-0.05, 0) is 36.5 Å². The molecule has 1 aliphatic carbocycles. The van der Waals surface area contributed by atoms with Gasteiger partial charge in [-0.15, -0.1) is 0 Å². The molecule has 13 heavy (non-hydrogen) atoms. The van der Waals surface area contributed by atoms with Crippen LogP contribution in [-0.2, 0) is 0 Å². The van der Waals surface area contributed by atoms with Crippen LogP contribution >= 0.6 is 0 Å². The average molecular weight is 172 g/mol. The molecule has 0 radical (unpaired) electrons. The first-order chi connectivity index (χ1) is 6.45. The number of H-pyrrole nitrogens is 1. The summed E-state index contributed by atoms with van der Waals surface area (Å²) < 4.78 is 0. The zero-order chi connectivity index (χ0) is 8.67. The van der Waals surface area contributed by atoms with Gasteiger partial charge < -0.3 is 4.98 Å². The summed E-state index contributed by atoms with van der Waals surface area (Å²) in [6.07, 6.45) is 8.05. The quantitative estimate of drug-likeness (QED) is 0.704. The van der Waals surface area contributed by atoms with Crippen LogP contribution < -0.4 is 0 Å². The molecule has 3 rings (SSSR count). The van der Waals surface area contributed by atoms with Crippen LogP contribution in [0.15, 0.2) is 24.5 Å². The molecule has 66 valence electrons. The van der Waals surface area contributed by atoms with Crippen molar-refractivity contribution in [1.82, 2.24) is 9.97 Å². The number of hydrogen-bond donors (Lipinski definition) is 1. The highest BCUT2D eigenvalue weighted by atomic mass is 14.8. The third-order valence-electron chi connectivity index (χ3n) is 3.03. The van der Waals surface area contributed by atoms with Gasteiger partial charge >= 0.3 is 0 Å². The van der Waals surface area contributed by atoms with Crippen LogP contribution in [0.3, 0.4) is 0 Å². The smallest absolute Gasteiger partial charge is 0.137 e. The summed E-state index contributed by atoms with van der Waals surface area (Å²) in [6.45, 7) is 0. The SMILES string of the molecule is c1cnc2[nH]cc(C3CCC3)c2c1. The van der Waals surface area contributed by atoms with Gasteiger partial charge in [0.2, 0.25) is 0 Å². The van der Waals surface area contributed by atoms with Gasteiger partial charge in [0, 0.05) is 17.8 Å². The highest BCUT2D eigenvalue weighted by Gasteiger charge is 2.22. The molecule has 0 unspecified atom stereocenters. The third-order valence-corrected chi connectivity index (χ3v) is 3.03. The molecule has 0 spiro atoms. The number of fused-ring (bicyclic) bond motifs is 1. The zero-order valence-corrected chi connectivity index (χ0v) is 7.46. The molecular weight excluding hydrogens is 160 g/mol. The summed E-state index contributed by atoms with van der Waals surface area (Å²) in [6, 6.07) is 4.17. The third kappa shape index (κ3) is 0.981. The molecule has 1 N–H and O–H groups in total. The minimum atomic E-state index is 0.790. The first kappa shape index (κ1) is 7.13. The van der Waals surface area contributed by atoms with Gasteiger partial charge in [-0.25, -0.2) is 4.98 Å². The van der Waals surface area contributed by atoms with Gasteiger partial charge in [0.1, 0.15) is 5.65 Å². The van der Waals surface area contributed by atoms with Gasteiger partial charge in [0.05, 0.1) is 0 Å². The molecule has 2 heteroatoms. The van der Waals surface area contributed by atoms with E-state index in [9.17, 15) is 0 Å². The molecular formula is C11H12N2. The number of nitrogens with zero attached hydrogens (tertiary/aromatic N) is 1. The van der Waals surface area contributed by atoms with Gasteiger partial charge in [0.15, 0.2) is 0 Å². The van der Waals surface area contributed by atoms with E-state index in [1.807, 2.05) is 12.3 Å². The maximum atomic E-state index is 4.29. The molecule has 2 nitrogen and oxygen atoms in total. The van der Waals surface area contributed by atoms with Crippen molar-refractivity contribution in [2.45, 2.75) is 25.2 Å². The van der Waals surface area contributed by atoms with Crippen molar-refractivity contribution in [2.75, 3.05) is 0 Å². The lowest BCUT2D eigenvalue weighted by Crippen LogP contribution is -2.07. The first-order valence-electron chi connectivity index (χ1n) is 4.87. The maximum Gasteiger partial charge on any atom is 0.137 e. The minimum Gasteiger partial charge on any atom is -0.346 e. The Balaban J connectivity index is 2.17. The van der Waals surface area contributed by atoms with Crippen molar-refractivity contribution in [3.63, 3.8) is 0 Å². The van der Waals surface area contributed by atoms with Crippen molar-refractivity contribution in [3.05, 3.63) is 30.1 Å². The maximum absolute atomic E-state index is 4.29. The van der Waals surface area contributed by atoms with E-state index < -0.39 is 0 Å². The Labute approximate surface area is 77.0 Å². The molecule has 2 aromatic heterocycles. The molecule has 0 aliphatic heterocycles. The number of nitrogens with one attached hydrogen (secondary N) is 1. The monoisotopic (exact) mass is 172 g/mol. The number of aromatic amines is 1. The second-order valence-electron chi connectivity index (χ2n) is 3.77. The molecule has 2 heterocycles. The fourth-order valence-electron chi connectivity index (χ4n) is 2.03. The molecule has 1 saturated carbocycles. The Kier molecular flexibility index (Phi) is 1.42. The average Bonchev–Trinajstić information content (AvgIpc) is 2.47. The summed E-state index contributed by atoms with van der Waals surface area (Å²) in [5.74, 6) is 0.790. The normalized spacial score (nSPS) is 17.5. The van der Waals surface area contributed by atoms with E-state index in [-0.39, 0.29) is 0 Å². The Morgan fingerprint density at radius 2 is 2.31 bits per heavy atom. The topological polar surface area (TPSA) is 28.7 Å². The van der Waals surface area contributed by atoms with E-state index in [2.05, 4.69) is 22.2 Å². The molecule has 0 aromatic carbocycles. The fraction of sp³-hybridized carbons (Fsp3) is 0.364. The van der Waals surface area contributed by atoms with Crippen molar-refractivity contribution in [1.29, 1.82) is 0 Å². The van der Waals surface area contributed by atoms with Gasteiger partial charge in [-0.1, -0.05) is 6.42 Å². The fourth-order valence-corrected chi connectivity index (χ4v) is 2.03. The van der Waals surface area contributed by atoms with E-state index in [1.165, 1.54) is 30.2 Å². The van der Waals surface area contributed by atoms with E-state index in [0.29, 0.717) is 0 Å². The lowest BCUT2D eigenvalue weighted by Gasteiger charge is -2.24. The second-order valence-corrected chi connectivity index (χ2v) is 3.77. The predicted molar refractivity (Wildman–Crippen MR) is 52.7 cm³/mol. The van der Waals surface area contributed by atoms with Crippen molar-refractivity contribution in [2.24, 2.45) is 0 Å². The number of rotatable bonds is 1. The van der Waals surface area contributed by atoms with Crippen molar-refractivity contribution >= 4 is 11.0 Å². The largest absolute Gasteiger partial charge is 0.346 e. The van der Waals surface area contributed by atoms with E-state index >= 15 is 0 Å². The summed E-state index contributed by atoms with van der Waals surface area (Å²) in [5.41, 5.74) is 2.50. The van der Waals surface area contributed by atoms with E-state index in [0.717, 1.165) is 11.6 Å². The van der Waals surface area contributed by atoms with Gasteiger partial charge in [-0.3, -0.25) is 0 Å². The van der Waals surface area contributed by atoms with Crippen LogP contribution in [0.25, 0.3) is 11.0 Å². The van der Waals surface area contributed by atoms with E-state index in [1.54, 1.807) is 0 Å². The second kappa shape index (κ2) is 2.59. The Bertz CT molecular complexity index is 426. The Morgan fingerprint density at radius 1 is 1.38 bits per heavy atom. The van der Waals surface area contributed by atoms with Crippen LogP contribution in [0, 0.1) is 0 Å². The lowest BCUT2D eigenvalue weighted by molar-refractivity contribution is 0.422. The number of hydrogen-bond acceptors (Lipinski definition) is 1. The highest BCUT2D eigenvalue weighted by molar-refractivity contribution is 5.80. The van der Waals surface area contributed by atoms with Crippen LogP contribution in [0.5, 0.6) is 0 Å². The number of pyridine rings is 1. The Morgan fingerprint density at radius 3 is 3.08 bits per heavy atom. The van der Waals surface area contributed by atoms with Gasteiger partial charge in [0.25, 0.3) is 0 Å². The lowest BCUT2D eigenvalue weighted by atomic mass is 9.80. The van der Waals surface area contributed by atoms with E-state index in [4.69, 9.17) is 0 Å². The standard InChI is InChI=1S/C11H12N2/c1-3-8(4-1)10-7-13-11-9(10)5-2-6-12-11/h2,5-8H,1,3-4H2,(H,12,13).